The van der Waals surface area contributed by atoms with Gasteiger partial charge in [-0.25, -0.2) is 0 Å². The van der Waals surface area contributed by atoms with Crippen molar-refractivity contribution in [2.45, 2.75) is 97.6 Å². The zero-order chi connectivity index (χ0) is 19.2. The van der Waals surface area contributed by atoms with Gasteiger partial charge in [-0.3, -0.25) is 0 Å². The number of hydrogen-bond donors (Lipinski definition) is 0. The third-order valence-electron chi connectivity index (χ3n) is 5.38. The molecular weight excluding hydrogens is 339 g/mol. The molecule has 1 rings (SSSR count). The Morgan fingerprint density at radius 1 is 0.923 bits per heavy atom. The first-order valence-electron chi connectivity index (χ1n) is 10.9. The van der Waals surface area contributed by atoms with Gasteiger partial charge in [0.15, 0.2) is 0 Å². The number of benzene rings is 1. The molecule has 0 aliphatic heterocycles. The van der Waals surface area contributed by atoms with E-state index in [0.29, 0.717) is 18.2 Å². The van der Waals surface area contributed by atoms with Crippen LogP contribution in [0.25, 0.3) is 0 Å². The van der Waals surface area contributed by atoms with Crippen molar-refractivity contribution in [3.8, 4) is 5.75 Å². The Bertz CT molecular complexity index is 501. The maximum Gasteiger partial charge on any atom is 0.120 e. The Morgan fingerprint density at radius 2 is 1.62 bits per heavy atom. The first-order chi connectivity index (χ1) is 12.7. The lowest BCUT2D eigenvalue weighted by Gasteiger charge is -2.26. The summed E-state index contributed by atoms with van der Waals surface area (Å²) < 4.78 is 19.0. The molecule has 0 amide bonds. The first kappa shape index (κ1) is 23.3. The maximum atomic E-state index is 13.4. The van der Waals surface area contributed by atoms with Gasteiger partial charge in [0, 0.05) is 11.0 Å². The second kappa shape index (κ2) is 14.3. The largest absolute Gasteiger partial charge is 0.494 e. The smallest absolute Gasteiger partial charge is 0.120 e. The SMILES string of the molecule is CCCCCCCC(CCCC)C(CC)[PH](=O)c1cccc(OCC)c1. The van der Waals surface area contributed by atoms with Gasteiger partial charge < -0.3 is 9.30 Å². The lowest BCUT2D eigenvalue weighted by Crippen LogP contribution is -2.20. The number of ether oxygens (including phenoxy) is 1. The van der Waals surface area contributed by atoms with Crippen LogP contribution in [0.1, 0.15) is 91.9 Å². The summed E-state index contributed by atoms with van der Waals surface area (Å²) in [6.07, 6.45) is 12.6. The summed E-state index contributed by atoms with van der Waals surface area (Å²) in [4.78, 5) is 0. The van der Waals surface area contributed by atoms with Crippen molar-refractivity contribution in [3.05, 3.63) is 24.3 Å². The topological polar surface area (TPSA) is 26.3 Å². The molecule has 3 heteroatoms. The Labute approximate surface area is 162 Å². The van der Waals surface area contributed by atoms with Crippen LogP contribution in [0.5, 0.6) is 5.75 Å². The Morgan fingerprint density at radius 3 is 2.27 bits per heavy atom. The minimum absolute atomic E-state index is 0.328. The number of unbranched alkanes of at least 4 members (excludes halogenated alkanes) is 5. The van der Waals surface area contributed by atoms with Gasteiger partial charge in [0.05, 0.1) is 6.61 Å². The van der Waals surface area contributed by atoms with Gasteiger partial charge in [0.2, 0.25) is 0 Å². The minimum Gasteiger partial charge on any atom is -0.494 e. The first-order valence-corrected chi connectivity index (χ1v) is 12.4. The highest BCUT2D eigenvalue weighted by Crippen LogP contribution is 2.40. The highest BCUT2D eigenvalue weighted by atomic mass is 31.1. The van der Waals surface area contributed by atoms with Crippen LogP contribution in [0.4, 0.5) is 0 Å². The molecule has 1 aromatic carbocycles. The van der Waals surface area contributed by atoms with E-state index in [4.69, 9.17) is 4.74 Å². The Balaban J connectivity index is 2.79. The van der Waals surface area contributed by atoms with Gasteiger partial charge in [-0.2, -0.15) is 0 Å². The predicted octanol–water partition coefficient (Wildman–Crippen LogP) is 7.22. The van der Waals surface area contributed by atoms with Crippen molar-refractivity contribution < 1.29 is 9.30 Å². The molecule has 0 N–H and O–H groups in total. The van der Waals surface area contributed by atoms with Crippen molar-refractivity contribution in [2.24, 2.45) is 5.92 Å². The van der Waals surface area contributed by atoms with Gasteiger partial charge in [0.25, 0.3) is 0 Å². The molecule has 0 aliphatic carbocycles. The summed E-state index contributed by atoms with van der Waals surface area (Å²) in [5, 5.41) is 1.00. The highest BCUT2D eigenvalue weighted by molar-refractivity contribution is 7.54. The molecule has 3 unspecified atom stereocenters. The third kappa shape index (κ3) is 8.30. The molecule has 0 fully saturated rings. The van der Waals surface area contributed by atoms with E-state index in [9.17, 15) is 4.57 Å². The van der Waals surface area contributed by atoms with E-state index in [0.717, 1.165) is 17.5 Å². The van der Waals surface area contributed by atoms with Crippen LogP contribution in [-0.4, -0.2) is 12.3 Å². The summed E-state index contributed by atoms with van der Waals surface area (Å²) in [5.74, 6) is 1.45. The van der Waals surface area contributed by atoms with Crippen molar-refractivity contribution >= 4 is 13.1 Å². The van der Waals surface area contributed by atoms with Crippen LogP contribution in [0.3, 0.4) is 0 Å². The van der Waals surface area contributed by atoms with Crippen molar-refractivity contribution in [1.29, 1.82) is 0 Å². The van der Waals surface area contributed by atoms with Gasteiger partial charge >= 0.3 is 0 Å². The lowest BCUT2D eigenvalue weighted by molar-refractivity contribution is 0.340. The van der Waals surface area contributed by atoms with E-state index in [2.05, 4.69) is 20.8 Å². The van der Waals surface area contributed by atoms with E-state index < -0.39 is 7.80 Å². The van der Waals surface area contributed by atoms with Crippen molar-refractivity contribution in [2.75, 3.05) is 6.61 Å². The van der Waals surface area contributed by atoms with E-state index in [1.165, 1.54) is 57.8 Å². The summed E-state index contributed by atoms with van der Waals surface area (Å²) in [6, 6.07) is 7.99. The lowest BCUT2D eigenvalue weighted by atomic mass is 9.91. The third-order valence-corrected chi connectivity index (χ3v) is 7.82. The zero-order valence-electron chi connectivity index (χ0n) is 17.6. The number of hydrogen-bond acceptors (Lipinski definition) is 2. The van der Waals surface area contributed by atoms with Crippen LogP contribution in [0, 0.1) is 5.92 Å². The number of rotatable bonds is 15. The quantitative estimate of drug-likeness (QED) is 0.237. The molecule has 0 aromatic heterocycles. The molecule has 0 aliphatic rings. The van der Waals surface area contributed by atoms with Crippen LogP contribution in [0.15, 0.2) is 24.3 Å². The van der Waals surface area contributed by atoms with Crippen LogP contribution in [0.2, 0.25) is 0 Å². The van der Waals surface area contributed by atoms with Crippen LogP contribution >= 0.6 is 7.80 Å². The normalized spacial score (nSPS) is 14.8. The average molecular weight is 381 g/mol. The van der Waals surface area contributed by atoms with Gasteiger partial charge in [-0.05, 0) is 44.2 Å². The molecule has 0 saturated carbocycles. The van der Waals surface area contributed by atoms with E-state index in [1.807, 2.05) is 31.2 Å². The second-order valence-corrected chi connectivity index (χ2v) is 9.49. The van der Waals surface area contributed by atoms with E-state index in [1.54, 1.807) is 0 Å². The molecule has 1 aromatic rings. The summed E-state index contributed by atoms with van der Waals surface area (Å²) in [6.45, 7) is 9.38. The average Bonchev–Trinajstić information content (AvgIpc) is 2.66. The maximum absolute atomic E-state index is 13.4. The Kier molecular flexibility index (Phi) is 12.8. The van der Waals surface area contributed by atoms with E-state index in [-0.39, 0.29) is 0 Å². The fourth-order valence-corrected chi connectivity index (χ4v) is 5.98. The molecule has 3 atom stereocenters. The Hall–Kier alpha value is -0.750. The van der Waals surface area contributed by atoms with Gasteiger partial charge in [-0.1, -0.05) is 77.8 Å². The van der Waals surface area contributed by atoms with E-state index >= 15 is 0 Å². The molecular formula is C23H41O2P. The van der Waals surface area contributed by atoms with Gasteiger partial charge in [0.1, 0.15) is 13.6 Å². The van der Waals surface area contributed by atoms with Crippen molar-refractivity contribution in [1.82, 2.24) is 0 Å². The predicted molar refractivity (Wildman–Crippen MR) is 117 cm³/mol. The monoisotopic (exact) mass is 380 g/mol. The fourth-order valence-electron chi connectivity index (χ4n) is 3.88. The summed E-state index contributed by atoms with van der Waals surface area (Å²) in [7, 11) is -1.80. The molecule has 0 bridgehead atoms. The molecule has 26 heavy (non-hydrogen) atoms. The molecule has 0 heterocycles. The molecule has 0 saturated heterocycles. The minimum atomic E-state index is -1.80. The summed E-state index contributed by atoms with van der Waals surface area (Å²) >= 11 is 0. The standard InChI is InChI=1S/C23H41O2P/c1-5-9-11-12-13-16-20(15-10-6-2)23(7-3)26(24)22-18-14-17-21(19-22)25-8-4/h14,17-20,23,26H,5-13,15-16H2,1-4H3. The van der Waals surface area contributed by atoms with Crippen LogP contribution < -0.4 is 10.0 Å². The highest BCUT2D eigenvalue weighted by Gasteiger charge is 2.25. The van der Waals surface area contributed by atoms with Crippen molar-refractivity contribution in [3.63, 3.8) is 0 Å². The second-order valence-electron chi connectivity index (χ2n) is 7.45. The van der Waals surface area contributed by atoms with Gasteiger partial charge in [-0.15, -0.1) is 0 Å². The summed E-state index contributed by atoms with van der Waals surface area (Å²) in [5.41, 5.74) is 0.328. The zero-order valence-corrected chi connectivity index (χ0v) is 18.6. The molecule has 0 spiro atoms. The molecule has 150 valence electrons. The molecule has 0 radical (unpaired) electrons. The van der Waals surface area contributed by atoms with Crippen LogP contribution in [-0.2, 0) is 4.57 Å². The fraction of sp³-hybridized carbons (Fsp3) is 0.739. The molecule has 2 nitrogen and oxygen atoms in total.